The van der Waals surface area contributed by atoms with Crippen molar-refractivity contribution < 1.29 is 9.66 Å². The molecule has 0 fully saturated rings. The summed E-state index contributed by atoms with van der Waals surface area (Å²) in [7, 11) is 0. The fraction of sp³-hybridized carbons (Fsp3) is 0.0769. The molecule has 0 radical (unpaired) electrons. The standard InChI is InChI=1S/C13H8BrN3O3/c14-13-11(17(18)19)4-1-5-12(13)20-8-9-3-2-6-16-10(9)7-15/h1-6H,8H2. The van der Waals surface area contributed by atoms with Crippen LogP contribution in [-0.2, 0) is 6.61 Å². The molecule has 0 amide bonds. The number of aromatic nitrogens is 1. The van der Waals surface area contributed by atoms with Crippen molar-refractivity contribution in [2.24, 2.45) is 0 Å². The highest BCUT2D eigenvalue weighted by molar-refractivity contribution is 9.10. The van der Waals surface area contributed by atoms with E-state index in [9.17, 15) is 10.1 Å². The van der Waals surface area contributed by atoms with Gasteiger partial charge in [0.2, 0.25) is 0 Å². The summed E-state index contributed by atoms with van der Waals surface area (Å²) in [6.07, 6.45) is 1.52. The van der Waals surface area contributed by atoms with E-state index in [0.717, 1.165) is 0 Å². The van der Waals surface area contributed by atoms with Crippen molar-refractivity contribution in [3.8, 4) is 11.8 Å². The monoisotopic (exact) mass is 333 g/mol. The van der Waals surface area contributed by atoms with Crippen LogP contribution in [0.25, 0.3) is 0 Å². The molecule has 6 nitrogen and oxygen atoms in total. The van der Waals surface area contributed by atoms with Crippen LogP contribution in [0.2, 0.25) is 0 Å². The molecule has 0 aliphatic heterocycles. The lowest BCUT2D eigenvalue weighted by atomic mass is 10.2. The maximum Gasteiger partial charge on any atom is 0.287 e. The van der Waals surface area contributed by atoms with Crippen LogP contribution in [-0.4, -0.2) is 9.91 Å². The Kier molecular flexibility index (Phi) is 4.27. The summed E-state index contributed by atoms with van der Waals surface area (Å²) in [6, 6.07) is 9.90. The van der Waals surface area contributed by atoms with Crippen molar-refractivity contribution >= 4 is 21.6 Å². The topological polar surface area (TPSA) is 89.0 Å². The number of pyridine rings is 1. The molecule has 0 spiro atoms. The minimum Gasteiger partial charge on any atom is -0.487 e. The number of hydrogen-bond donors (Lipinski definition) is 0. The first-order valence-electron chi connectivity index (χ1n) is 5.53. The Morgan fingerprint density at radius 3 is 2.90 bits per heavy atom. The number of ether oxygens (including phenoxy) is 1. The Labute approximate surface area is 122 Å². The second-order valence-corrected chi connectivity index (χ2v) is 4.55. The van der Waals surface area contributed by atoms with Crippen molar-refractivity contribution in [2.45, 2.75) is 6.61 Å². The largest absolute Gasteiger partial charge is 0.487 e. The molecule has 0 atom stereocenters. The van der Waals surface area contributed by atoms with Crippen molar-refractivity contribution in [3.05, 3.63) is 62.4 Å². The molecule has 100 valence electrons. The molecule has 0 saturated carbocycles. The Hall–Kier alpha value is -2.46. The maximum atomic E-state index is 10.8. The zero-order valence-electron chi connectivity index (χ0n) is 10.1. The van der Waals surface area contributed by atoms with E-state index in [0.29, 0.717) is 11.3 Å². The zero-order valence-corrected chi connectivity index (χ0v) is 11.7. The van der Waals surface area contributed by atoms with Crippen molar-refractivity contribution in [3.63, 3.8) is 0 Å². The summed E-state index contributed by atoms with van der Waals surface area (Å²) < 4.78 is 5.78. The van der Waals surface area contributed by atoms with Crippen LogP contribution in [0.15, 0.2) is 41.0 Å². The Balaban J connectivity index is 2.22. The van der Waals surface area contributed by atoms with Crippen LogP contribution in [0.3, 0.4) is 0 Å². The van der Waals surface area contributed by atoms with Gasteiger partial charge in [-0.05, 0) is 28.1 Å². The van der Waals surface area contributed by atoms with E-state index in [2.05, 4.69) is 20.9 Å². The SMILES string of the molecule is N#Cc1ncccc1COc1cccc([N+](=O)[O-])c1Br. The van der Waals surface area contributed by atoms with E-state index in [4.69, 9.17) is 10.00 Å². The third kappa shape index (κ3) is 2.92. The lowest BCUT2D eigenvalue weighted by Gasteiger charge is -2.08. The van der Waals surface area contributed by atoms with E-state index in [1.54, 1.807) is 18.2 Å². The highest BCUT2D eigenvalue weighted by atomic mass is 79.9. The third-order valence-corrected chi connectivity index (χ3v) is 3.32. The number of nitriles is 1. The molecule has 0 saturated heterocycles. The number of nitro benzene ring substituents is 1. The van der Waals surface area contributed by atoms with Gasteiger partial charge >= 0.3 is 0 Å². The molecule has 1 heterocycles. The van der Waals surface area contributed by atoms with Gasteiger partial charge < -0.3 is 4.74 Å². The summed E-state index contributed by atoms with van der Waals surface area (Å²) in [6.45, 7) is 0.108. The first kappa shape index (κ1) is 14.0. The van der Waals surface area contributed by atoms with Gasteiger partial charge in [0.1, 0.15) is 28.6 Å². The highest BCUT2D eigenvalue weighted by Gasteiger charge is 2.16. The van der Waals surface area contributed by atoms with Gasteiger partial charge in [0.15, 0.2) is 0 Å². The van der Waals surface area contributed by atoms with Crippen LogP contribution in [0.5, 0.6) is 5.75 Å². The molecule has 0 aliphatic carbocycles. The maximum absolute atomic E-state index is 10.8. The molecule has 0 N–H and O–H groups in total. The molecule has 2 aromatic rings. The smallest absolute Gasteiger partial charge is 0.287 e. The van der Waals surface area contributed by atoms with Crippen molar-refractivity contribution in [1.82, 2.24) is 4.98 Å². The van der Waals surface area contributed by atoms with E-state index < -0.39 is 4.92 Å². The third-order valence-electron chi connectivity index (χ3n) is 2.52. The predicted molar refractivity (Wildman–Crippen MR) is 74.1 cm³/mol. The average Bonchev–Trinajstić information content (AvgIpc) is 2.46. The summed E-state index contributed by atoms with van der Waals surface area (Å²) >= 11 is 3.14. The number of nitro groups is 1. The van der Waals surface area contributed by atoms with Gasteiger partial charge in [-0.25, -0.2) is 4.98 Å². The summed E-state index contributed by atoms with van der Waals surface area (Å²) in [5.41, 5.74) is 0.816. The van der Waals surface area contributed by atoms with Gasteiger partial charge in [-0.1, -0.05) is 12.1 Å². The molecule has 0 bridgehead atoms. The number of benzene rings is 1. The first-order chi connectivity index (χ1) is 9.63. The van der Waals surface area contributed by atoms with Crippen molar-refractivity contribution in [1.29, 1.82) is 5.26 Å². The molecule has 0 aliphatic rings. The molecule has 0 unspecified atom stereocenters. The normalized spacial score (nSPS) is 9.80. The van der Waals surface area contributed by atoms with Gasteiger partial charge in [-0.15, -0.1) is 0 Å². The second-order valence-electron chi connectivity index (χ2n) is 3.76. The average molecular weight is 334 g/mol. The van der Waals surface area contributed by atoms with Crippen LogP contribution in [0, 0.1) is 21.4 Å². The predicted octanol–water partition coefficient (Wildman–Crippen LogP) is 3.20. The Bertz CT molecular complexity index is 698. The summed E-state index contributed by atoms with van der Waals surface area (Å²) in [4.78, 5) is 14.2. The first-order valence-corrected chi connectivity index (χ1v) is 6.32. The lowest BCUT2D eigenvalue weighted by molar-refractivity contribution is -0.385. The van der Waals surface area contributed by atoms with Gasteiger partial charge in [0, 0.05) is 17.8 Å². The number of halogens is 1. The number of rotatable bonds is 4. The zero-order chi connectivity index (χ0) is 14.5. The van der Waals surface area contributed by atoms with Gasteiger partial charge in [0.25, 0.3) is 5.69 Å². The molecule has 7 heteroatoms. The van der Waals surface area contributed by atoms with Gasteiger partial charge in [-0.2, -0.15) is 5.26 Å². The molecule has 1 aromatic carbocycles. The van der Waals surface area contributed by atoms with Crippen LogP contribution in [0.4, 0.5) is 5.69 Å². The molecular formula is C13H8BrN3O3. The fourth-order valence-corrected chi connectivity index (χ4v) is 2.09. The van der Waals surface area contributed by atoms with Crippen molar-refractivity contribution in [2.75, 3.05) is 0 Å². The minimum absolute atomic E-state index is 0.0748. The fourth-order valence-electron chi connectivity index (χ4n) is 1.56. The Morgan fingerprint density at radius 1 is 1.40 bits per heavy atom. The Morgan fingerprint density at radius 2 is 2.20 bits per heavy atom. The van der Waals surface area contributed by atoms with E-state index in [1.165, 1.54) is 18.3 Å². The van der Waals surface area contributed by atoms with Crippen LogP contribution < -0.4 is 4.74 Å². The molecular weight excluding hydrogens is 326 g/mol. The molecule has 2 rings (SSSR count). The quantitative estimate of drug-likeness (QED) is 0.633. The van der Waals surface area contributed by atoms with Gasteiger partial charge in [0.05, 0.1) is 4.92 Å². The number of nitrogens with zero attached hydrogens (tertiary/aromatic N) is 3. The summed E-state index contributed by atoms with van der Waals surface area (Å²) in [5, 5.41) is 19.7. The number of hydrogen-bond acceptors (Lipinski definition) is 5. The lowest BCUT2D eigenvalue weighted by Crippen LogP contribution is -2.01. The van der Waals surface area contributed by atoms with E-state index >= 15 is 0 Å². The molecule has 20 heavy (non-hydrogen) atoms. The van der Waals surface area contributed by atoms with E-state index in [1.807, 2.05) is 6.07 Å². The highest BCUT2D eigenvalue weighted by Crippen LogP contribution is 2.34. The molecule has 1 aromatic heterocycles. The minimum atomic E-state index is -0.498. The second kappa shape index (κ2) is 6.12. The van der Waals surface area contributed by atoms with Crippen LogP contribution >= 0.6 is 15.9 Å². The summed E-state index contributed by atoms with van der Waals surface area (Å²) in [5.74, 6) is 0.340. The van der Waals surface area contributed by atoms with Gasteiger partial charge in [-0.3, -0.25) is 10.1 Å². The van der Waals surface area contributed by atoms with Crippen LogP contribution in [0.1, 0.15) is 11.3 Å². The van der Waals surface area contributed by atoms with E-state index in [-0.39, 0.29) is 22.5 Å².